The van der Waals surface area contributed by atoms with Crippen molar-refractivity contribution < 1.29 is 14.6 Å². The van der Waals surface area contributed by atoms with E-state index in [4.69, 9.17) is 9.84 Å². The lowest BCUT2D eigenvalue weighted by atomic mass is 10.0. The SMILES string of the molecule is CC(C)c1cccc(Oc2cccc(C(=O)O)n2)c1. The molecule has 4 nitrogen and oxygen atoms in total. The fraction of sp³-hybridized carbons (Fsp3) is 0.200. The standard InChI is InChI=1S/C15H15NO3/c1-10(2)11-5-3-6-12(9-11)19-14-8-4-7-13(16-14)15(17)18/h3-10H,1-2H3,(H,17,18). The Morgan fingerprint density at radius 2 is 1.95 bits per heavy atom. The van der Waals surface area contributed by atoms with E-state index in [1.807, 2.05) is 24.3 Å². The first-order chi connectivity index (χ1) is 9.06. The second-order valence-corrected chi connectivity index (χ2v) is 4.50. The van der Waals surface area contributed by atoms with E-state index in [0.717, 1.165) is 5.56 Å². The number of aromatic nitrogens is 1. The van der Waals surface area contributed by atoms with Gasteiger partial charge in [-0.25, -0.2) is 9.78 Å². The lowest BCUT2D eigenvalue weighted by Crippen LogP contribution is -2.00. The zero-order chi connectivity index (χ0) is 13.8. The average molecular weight is 257 g/mol. The number of rotatable bonds is 4. The van der Waals surface area contributed by atoms with E-state index < -0.39 is 5.97 Å². The van der Waals surface area contributed by atoms with Crippen molar-refractivity contribution in [2.24, 2.45) is 0 Å². The number of nitrogens with zero attached hydrogens (tertiary/aromatic N) is 1. The Morgan fingerprint density at radius 3 is 2.63 bits per heavy atom. The molecule has 4 heteroatoms. The van der Waals surface area contributed by atoms with Crippen LogP contribution in [0.5, 0.6) is 11.6 Å². The summed E-state index contributed by atoms with van der Waals surface area (Å²) in [4.78, 5) is 14.8. The molecule has 0 saturated carbocycles. The second kappa shape index (κ2) is 5.52. The first kappa shape index (κ1) is 13.1. The number of carboxylic acids is 1. The highest BCUT2D eigenvalue weighted by molar-refractivity contribution is 5.85. The summed E-state index contributed by atoms with van der Waals surface area (Å²) in [5.41, 5.74) is 1.13. The fourth-order valence-electron chi connectivity index (χ4n) is 1.65. The molecule has 0 fully saturated rings. The van der Waals surface area contributed by atoms with Crippen molar-refractivity contribution in [1.29, 1.82) is 0 Å². The van der Waals surface area contributed by atoms with Crippen LogP contribution in [-0.2, 0) is 0 Å². The van der Waals surface area contributed by atoms with E-state index in [2.05, 4.69) is 18.8 Å². The molecular weight excluding hydrogens is 242 g/mol. The molecule has 1 N–H and O–H groups in total. The smallest absolute Gasteiger partial charge is 0.354 e. The molecule has 0 bridgehead atoms. The maximum absolute atomic E-state index is 10.8. The van der Waals surface area contributed by atoms with Gasteiger partial charge in [-0.05, 0) is 29.7 Å². The molecule has 98 valence electrons. The third-order valence-electron chi connectivity index (χ3n) is 2.69. The molecule has 0 aliphatic heterocycles. The molecule has 0 aliphatic rings. The maximum atomic E-state index is 10.8. The van der Waals surface area contributed by atoms with Crippen LogP contribution in [-0.4, -0.2) is 16.1 Å². The molecule has 1 heterocycles. The molecular formula is C15H15NO3. The van der Waals surface area contributed by atoms with Gasteiger partial charge < -0.3 is 9.84 Å². The minimum atomic E-state index is -1.07. The van der Waals surface area contributed by atoms with Crippen molar-refractivity contribution in [3.8, 4) is 11.6 Å². The first-order valence-electron chi connectivity index (χ1n) is 6.04. The number of hydrogen-bond donors (Lipinski definition) is 1. The van der Waals surface area contributed by atoms with E-state index in [1.165, 1.54) is 6.07 Å². The van der Waals surface area contributed by atoms with Crippen LogP contribution in [0.3, 0.4) is 0 Å². The minimum absolute atomic E-state index is 0.0301. The summed E-state index contributed by atoms with van der Waals surface area (Å²) in [6.45, 7) is 4.20. The lowest BCUT2D eigenvalue weighted by Gasteiger charge is -2.09. The van der Waals surface area contributed by atoms with Crippen molar-refractivity contribution >= 4 is 5.97 Å². The predicted octanol–water partition coefficient (Wildman–Crippen LogP) is 3.70. The Kier molecular flexibility index (Phi) is 3.80. The van der Waals surface area contributed by atoms with Crippen LogP contribution >= 0.6 is 0 Å². The van der Waals surface area contributed by atoms with E-state index in [9.17, 15) is 4.79 Å². The minimum Gasteiger partial charge on any atom is -0.477 e. The van der Waals surface area contributed by atoms with Crippen molar-refractivity contribution in [2.45, 2.75) is 19.8 Å². The van der Waals surface area contributed by atoms with Gasteiger partial charge in [0.2, 0.25) is 5.88 Å². The number of carboxylic acid groups (broad SMARTS) is 1. The van der Waals surface area contributed by atoms with Gasteiger partial charge in [0.05, 0.1) is 0 Å². The molecule has 2 rings (SSSR count). The van der Waals surface area contributed by atoms with Crippen LogP contribution in [0, 0.1) is 0 Å². The number of aromatic carboxylic acids is 1. The van der Waals surface area contributed by atoms with Crippen LogP contribution in [0.25, 0.3) is 0 Å². The molecule has 0 radical (unpaired) electrons. The number of ether oxygens (including phenoxy) is 1. The maximum Gasteiger partial charge on any atom is 0.354 e. The molecule has 0 amide bonds. The van der Waals surface area contributed by atoms with Gasteiger partial charge in [0.15, 0.2) is 5.69 Å². The summed E-state index contributed by atoms with van der Waals surface area (Å²) in [6.07, 6.45) is 0. The second-order valence-electron chi connectivity index (χ2n) is 4.50. The van der Waals surface area contributed by atoms with Gasteiger partial charge in [0, 0.05) is 6.07 Å². The van der Waals surface area contributed by atoms with E-state index in [1.54, 1.807) is 12.1 Å². The third kappa shape index (κ3) is 3.31. The van der Waals surface area contributed by atoms with E-state index in [-0.39, 0.29) is 11.6 Å². The highest BCUT2D eigenvalue weighted by Crippen LogP contribution is 2.24. The van der Waals surface area contributed by atoms with Gasteiger partial charge in [0.1, 0.15) is 5.75 Å². The van der Waals surface area contributed by atoms with Crippen LogP contribution < -0.4 is 4.74 Å². The molecule has 1 aromatic heterocycles. The number of benzene rings is 1. The molecule has 0 aliphatic carbocycles. The Labute approximate surface area is 111 Å². The quantitative estimate of drug-likeness (QED) is 0.907. The largest absolute Gasteiger partial charge is 0.477 e. The van der Waals surface area contributed by atoms with Gasteiger partial charge in [-0.1, -0.05) is 32.0 Å². The number of hydrogen-bond acceptors (Lipinski definition) is 3. The molecule has 2 aromatic rings. The highest BCUT2D eigenvalue weighted by atomic mass is 16.5. The van der Waals surface area contributed by atoms with E-state index >= 15 is 0 Å². The van der Waals surface area contributed by atoms with Gasteiger partial charge in [-0.3, -0.25) is 0 Å². The fourth-order valence-corrected chi connectivity index (χ4v) is 1.65. The van der Waals surface area contributed by atoms with Gasteiger partial charge >= 0.3 is 5.97 Å². The van der Waals surface area contributed by atoms with Crippen LogP contribution in [0.1, 0.15) is 35.8 Å². The van der Waals surface area contributed by atoms with Crippen LogP contribution in [0.2, 0.25) is 0 Å². The summed E-state index contributed by atoms with van der Waals surface area (Å²) < 4.78 is 5.59. The topological polar surface area (TPSA) is 59.4 Å². The molecule has 19 heavy (non-hydrogen) atoms. The Bertz CT molecular complexity index is 593. The Morgan fingerprint density at radius 1 is 1.21 bits per heavy atom. The molecule has 0 saturated heterocycles. The van der Waals surface area contributed by atoms with Crippen molar-refractivity contribution in [1.82, 2.24) is 4.98 Å². The zero-order valence-electron chi connectivity index (χ0n) is 10.8. The molecule has 0 unspecified atom stereocenters. The number of pyridine rings is 1. The van der Waals surface area contributed by atoms with Crippen LogP contribution in [0.4, 0.5) is 0 Å². The summed E-state index contributed by atoms with van der Waals surface area (Å²) in [5, 5.41) is 8.87. The summed E-state index contributed by atoms with van der Waals surface area (Å²) in [5.74, 6) is 0.269. The van der Waals surface area contributed by atoms with E-state index in [0.29, 0.717) is 11.7 Å². The average Bonchev–Trinajstić information content (AvgIpc) is 2.39. The molecule has 1 aromatic carbocycles. The number of carbonyl (C=O) groups is 1. The lowest BCUT2D eigenvalue weighted by molar-refractivity contribution is 0.0689. The summed E-state index contributed by atoms with van der Waals surface area (Å²) >= 11 is 0. The van der Waals surface area contributed by atoms with Gasteiger partial charge in [-0.2, -0.15) is 0 Å². The predicted molar refractivity (Wildman–Crippen MR) is 71.8 cm³/mol. The monoisotopic (exact) mass is 257 g/mol. The Hall–Kier alpha value is -2.36. The molecule has 0 spiro atoms. The van der Waals surface area contributed by atoms with Gasteiger partial charge in [0.25, 0.3) is 0 Å². The summed E-state index contributed by atoms with van der Waals surface area (Å²) in [6, 6.07) is 12.4. The van der Waals surface area contributed by atoms with Crippen molar-refractivity contribution in [3.63, 3.8) is 0 Å². The third-order valence-corrected chi connectivity index (χ3v) is 2.69. The summed E-state index contributed by atoms with van der Waals surface area (Å²) in [7, 11) is 0. The van der Waals surface area contributed by atoms with Crippen molar-refractivity contribution in [3.05, 3.63) is 53.7 Å². The van der Waals surface area contributed by atoms with Crippen LogP contribution in [0.15, 0.2) is 42.5 Å². The Balaban J connectivity index is 2.23. The van der Waals surface area contributed by atoms with Gasteiger partial charge in [-0.15, -0.1) is 0 Å². The normalized spacial score (nSPS) is 10.5. The highest BCUT2D eigenvalue weighted by Gasteiger charge is 2.07. The zero-order valence-corrected chi connectivity index (χ0v) is 10.8. The molecule has 0 atom stereocenters. The first-order valence-corrected chi connectivity index (χ1v) is 6.04. The van der Waals surface area contributed by atoms with Crippen molar-refractivity contribution in [2.75, 3.05) is 0 Å².